The molecule has 0 spiro atoms. The number of imidazole rings is 1. The Balaban J connectivity index is 1.91. The summed E-state index contributed by atoms with van der Waals surface area (Å²) < 4.78 is 7.78. The van der Waals surface area contributed by atoms with Crippen LogP contribution in [0.2, 0.25) is 0 Å². The predicted molar refractivity (Wildman–Crippen MR) is 83.0 cm³/mol. The third-order valence-corrected chi connectivity index (χ3v) is 3.28. The van der Waals surface area contributed by atoms with Gasteiger partial charge in [-0.2, -0.15) is 4.98 Å². The first-order chi connectivity index (χ1) is 10.3. The molecule has 3 aromatic rings. The van der Waals surface area contributed by atoms with Crippen molar-refractivity contribution < 1.29 is 4.74 Å². The Labute approximate surface area is 123 Å². The van der Waals surface area contributed by atoms with Crippen LogP contribution >= 0.6 is 0 Å². The van der Waals surface area contributed by atoms with Crippen LogP contribution in [0.15, 0.2) is 42.9 Å². The average molecular weight is 282 g/mol. The number of rotatable bonds is 5. The molecule has 0 aliphatic rings. The number of nitrogens with one attached hydrogen (secondary N) is 1. The van der Waals surface area contributed by atoms with Crippen molar-refractivity contribution in [2.75, 3.05) is 12.4 Å². The Hall–Kier alpha value is -2.56. The lowest BCUT2D eigenvalue weighted by molar-refractivity contribution is 0.465. The number of fused-ring (bicyclic) bond motifs is 1. The van der Waals surface area contributed by atoms with E-state index < -0.39 is 0 Å². The molecule has 0 atom stereocenters. The SMILES string of the molecule is CCCc1ccc(Oc2nc(NC)cn3ccnc23)cc1. The standard InChI is InChI=1S/C16H18N4O/c1-3-4-12-5-7-13(8-6-12)21-16-15-18-9-10-20(15)11-14(17-2)19-16/h5-11,17H,3-4H2,1-2H3. The molecular weight excluding hydrogens is 264 g/mol. The van der Waals surface area contributed by atoms with Crippen molar-refractivity contribution in [2.24, 2.45) is 0 Å². The molecule has 0 aliphatic heterocycles. The molecule has 0 radical (unpaired) electrons. The molecule has 2 heterocycles. The van der Waals surface area contributed by atoms with Crippen LogP contribution in [0.4, 0.5) is 5.82 Å². The molecule has 21 heavy (non-hydrogen) atoms. The van der Waals surface area contributed by atoms with Gasteiger partial charge in [-0.15, -0.1) is 0 Å². The molecule has 5 nitrogen and oxygen atoms in total. The van der Waals surface area contributed by atoms with E-state index in [1.54, 1.807) is 6.20 Å². The molecule has 5 heteroatoms. The highest BCUT2D eigenvalue weighted by Gasteiger charge is 2.09. The van der Waals surface area contributed by atoms with E-state index in [0.717, 1.165) is 24.4 Å². The Morgan fingerprint density at radius 3 is 2.76 bits per heavy atom. The maximum Gasteiger partial charge on any atom is 0.265 e. The van der Waals surface area contributed by atoms with E-state index in [4.69, 9.17) is 4.74 Å². The first-order valence-corrected chi connectivity index (χ1v) is 7.08. The Morgan fingerprint density at radius 1 is 1.24 bits per heavy atom. The summed E-state index contributed by atoms with van der Waals surface area (Å²) in [7, 11) is 1.83. The molecule has 1 N–H and O–H groups in total. The smallest absolute Gasteiger partial charge is 0.265 e. The summed E-state index contributed by atoms with van der Waals surface area (Å²) in [5.41, 5.74) is 2.01. The number of aryl methyl sites for hydroxylation is 1. The molecule has 0 fully saturated rings. The summed E-state index contributed by atoms with van der Waals surface area (Å²) in [6.07, 6.45) is 7.70. The van der Waals surface area contributed by atoms with Crippen molar-refractivity contribution in [2.45, 2.75) is 19.8 Å². The normalized spacial score (nSPS) is 10.8. The highest BCUT2D eigenvalue weighted by molar-refractivity contribution is 5.54. The largest absolute Gasteiger partial charge is 0.436 e. The summed E-state index contributed by atoms with van der Waals surface area (Å²) in [4.78, 5) is 8.71. The van der Waals surface area contributed by atoms with Crippen molar-refractivity contribution >= 4 is 11.5 Å². The van der Waals surface area contributed by atoms with Gasteiger partial charge in [-0.3, -0.25) is 4.40 Å². The number of hydrogen-bond donors (Lipinski definition) is 1. The minimum atomic E-state index is 0.495. The van der Waals surface area contributed by atoms with Crippen LogP contribution in [0, 0.1) is 0 Å². The highest BCUT2D eigenvalue weighted by atomic mass is 16.5. The maximum absolute atomic E-state index is 5.89. The van der Waals surface area contributed by atoms with E-state index >= 15 is 0 Å². The second-order valence-corrected chi connectivity index (χ2v) is 4.84. The van der Waals surface area contributed by atoms with Gasteiger partial charge < -0.3 is 10.1 Å². The molecule has 108 valence electrons. The first-order valence-electron chi connectivity index (χ1n) is 7.08. The van der Waals surface area contributed by atoms with Crippen molar-refractivity contribution in [3.8, 4) is 11.6 Å². The highest BCUT2D eigenvalue weighted by Crippen LogP contribution is 2.25. The number of benzene rings is 1. The van der Waals surface area contributed by atoms with Gasteiger partial charge in [-0.25, -0.2) is 4.98 Å². The quantitative estimate of drug-likeness (QED) is 0.778. The molecule has 1 aromatic carbocycles. The molecule has 0 bridgehead atoms. The van der Waals surface area contributed by atoms with Crippen molar-refractivity contribution in [3.63, 3.8) is 0 Å². The molecule has 2 aromatic heterocycles. The maximum atomic E-state index is 5.89. The van der Waals surface area contributed by atoms with Crippen molar-refractivity contribution in [1.82, 2.24) is 14.4 Å². The third-order valence-electron chi connectivity index (χ3n) is 3.28. The van der Waals surface area contributed by atoms with Gasteiger partial charge in [0.15, 0.2) is 0 Å². The summed E-state index contributed by atoms with van der Waals surface area (Å²) in [5.74, 6) is 1.99. The number of nitrogens with zero attached hydrogens (tertiary/aromatic N) is 3. The monoisotopic (exact) mass is 282 g/mol. The zero-order chi connectivity index (χ0) is 14.7. The minimum Gasteiger partial charge on any atom is -0.436 e. The fourth-order valence-electron chi connectivity index (χ4n) is 2.22. The van der Waals surface area contributed by atoms with E-state index in [2.05, 4.69) is 34.3 Å². The van der Waals surface area contributed by atoms with Crippen LogP contribution in [0.5, 0.6) is 11.6 Å². The Morgan fingerprint density at radius 2 is 2.05 bits per heavy atom. The fourth-order valence-corrected chi connectivity index (χ4v) is 2.22. The summed E-state index contributed by atoms with van der Waals surface area (Å²) in [6, 6.07) is 8.11. The third kappa shape index (κ3) is 2.81. The van der Waals surface area contributed by atoms with Gasteiger partial charge >= 0.3 is 0 Å². The Bertz CT molecular complexity index is 734. The molecule has 3 rings (SSSR count). The molecule has 0 aliphatic carbocycles. The average Bonchev–Trinajstić information content (AvgIpc) is 2.98. The number of anilines is 1. The van der Waals surface area contributed by atoms with E-state index in [9.17, 15) is 0 Å². The number of hydrogen-bond acceptors (Lipinski definition) is 4. The second kappa shape index (κ2) is 5.83. The van der Waals surface area contributed by atoms with Crippen LogP contribution in [0.3, 0.4) is 0 Å². The van der Waals surface area contributed by atoms with Crippen LogP contribution in [0.25, 0.3) is 5.65 Å². The van der Waals surface area contributed by atoms with Crippen LogP contribution in [-0.2, 0) is 6.42 Å². The molecule has 0 unspecified atom stereocenters. The van der Waals surface area contributed by atoms with Crippen LogP contribution < -0.4 is 10.1 Å². The van der Waals surface area contributed by atoms with Gasteiger partial charge in [-0.1, -0.05) is 25.5 Å². The molecule has 0 saturated heterocycles. The lowest BCUT2D eigenvalue weighted by Crippen LogP contribution is -1.99. The van der Waals surface area contributed by atoms with E-state index in [0.29, 0.717) is 11.5 Å². The molecule has 0 saturated carbocycles. The first kappa shape index (κ1) is 13.4. The van der Waals surface area contributed by atoms with Crippen molar-refractivity contribution in [3.05, 3.63) is 48.4 Å². The number of ether oxygens (including phenoxy) is 1. The van der Waals surface area contributed by atoms with Gasteiger partial charge in [0.2, 0.25) is 5.65 Å². The molecular formula is C16H18N4O. The van der Waals surface area contributed by atoms with Crippen LogP contribution in [-0.4, -0.2) is 21.4 Å². The van der Waals surface area contributed by atoms with E-state index in [-0.39, 0.29) is 0 Å². The van der Waals surface area contributed by atoms with Crippen LogP contribution in [0.1, 0.15) is 18.9 Å². The summed E-state index contributed by atoms with van der Waals surface area (Å²) in [5, 5.41) is 3.02. The van der Waals surface area contributed by atoms with Gasteiger partial charge in [-0.05, 0) is 24.1 Å². The van der Waals surface area contributed by atoms with Gasteiger partial charge in [0.05, 0.1) is 6.20 Å². The zero-order valence-corrected chi connectivity index (χ0v) is 12.2. The van der Waals surface area contributed by atoms with Gasteiger partial charge in [0, 0.05) is 19.4 Å². The fraction of sp³-hybridized carbons (Fsp3) is 0.250. The topological polar surface area (TPSA) is 51.5 Å². The lowest BCUT2D eigenvalue weighted by Gasteiger charge is -2.09. The van der Waals surface area contributed by atoms with E-state index in [1.807, 2.05) is 36.0 Å². The van der Waals surface area contributed by atoms with Gasteiger partial charge in [0.1, 0.15) is 11.6 Å². The number of aromatic nitrogens is 3. The molecule has 0 amide bonds. The zero-order valence-electron chi connectivity index (χ0n) is 12.2. The van der Waals surface area contributed by atoms with Gasteiger partial charge in [0.25, 0.3) is 5.88 Å². The predicted octanol–water partition coefficient (Wildman–Crippen LogP) is 3.52. The summed E-state index contributed by atoms with van der Waals surface area (Å²) >= 11 is 0. The second-order valence-electron chi connectivity index (χ2n) is 4.84. The van der Waals surface area contributed by atoms with E-state index in [1.165, 1.54) is 5.56 Å². The van der Waals surface area contributed by atoms with Crippen molar-refractivity contribution in [1.29, 1.82) is 0 Å². The minimum absolute atomic E-state index is 0.495. The Kier molecular flexibility index (Phi) is 3.73. The lowest BCUT2D eigenvalue weighted by atomic mass is 10.1. The summed E-state index contributed by atoms with van der Waals surface area (Å²) in [6.45, 7) is 2.17.